The summed E-state index contributed by atoms with van der Waals surface area (Å²) in [7, 11) is 1.55. The van der Waals surface area contributed by atoms with Gasteiger partial charge >= 0.3 is 0 Å². The van der Waals surface area contributed by atoms with Crippen molar-refractivity contribution in [1.29, 1.82) is 0 Å². The van der Waals surface area contributed by atoms with E-state index in [0.717, 1.165) is 17.4 Å². The molecule has 0 radical (unpaired) electrons. The van der Waals surface area contributed by atoms with Crippen LogP contribution in [0.4, 0.5) is 0 Å². The maximum Gasteiger partial charge on any atom is 0.126 e. The molecule has 0 fully saturated rings. The molecule has 0 aliphatic rings. The molecular weight excluding hydrogens is 180 g/mol. The molecule has 3 heteroatoms. The summed E-state index contributed by atoms with van der Waals surface area (Å²) in [6.07, 6.45) is 2.01. The number of carbonyl (C=O) groups excluding carboxylic acids is 1. The number of hydrogen-bond acceptors (Lipinski definition) is 3. The summed E-state index contributed by atoms with van der Waals surface area (Å²) in [5.41, 5.74) is 1.93. The summed E-state index contributed by atoms with van der Waals surface area (Å²) in [4.78, 5) is 10.3. The van der Waals surface area contributed by atoms with Gasteiger partial charge in [-0.2, -0.15) is 0 Å². The fourth-order valence-electron chi connectivity index (χ4n) is 1.47. The summed E-state index contributed by atoms with van der Waals surface area (Å²) in [6.45, 7) is 1.89. The van der Waals surface area contributed by atoms with E-state index in [1.807, 2.05) is 6.92 Å². The number of methoxy groups -OCH3 is 1. The van der Waals surface area contributed by atoms with E-state index in [0.29, 0.717) is 18.6 Å². The van der Waals surface area contributed by atoms with Crippen LogP contribution in [-0.4, -0.2) is 18.5 Å². The minimum Gasteiger partial charge on any atom is -0.508 e. The number of hydrogen-bond donors (Lipinski definition) is 1. The highest BCUT2D eigenvalue weighted by molar-refractivity contribution is 5.52. The summed E-state index contributed by atoms with van der Waals surface area (Å²) >= 11 is 0. The molecular formula is C11H14O3. The van der Waals surface area contributed by atoms with Crippen LogP contribution < -0.4 is 4.74 Å². The minimum absolute atomic E-state index is 0.189. The van der Waals surface area contributed by atoms with Crippen LogP contribution in [0, 0.1) is 6.92 Å². The molecule has 0 aromatic heterocycles. The third-order valence-electron chi connectivity index (χ3n) is 2.15. The van der Waals surface area contributed by atoms with Crippen molar-refractivity contribution in [2.24, 2.45) is 0 Å². The fraction of sp³-hybridized carbons (Fsp3) is 0.364. The predicted molar refractivity (Wildman–Crippen MR) is 53.8 cm³/mol. The van der Waals surface area contributed by atoms with Crippen LogP contribution in [0.3, 0.4) is 0 Å². The number of rotatable bonds is 4. The Balaban J connectivity index is 3.04. The number of aryl methyl sites for hydroxylation is 1. The van der Waals surface area contributed by atoms with E-state index in [1.54, 1.807) is 19.2 Å². The summed E-state index contributed by atoms with van der Waals surface area (Å²) < 4.78 is 5.13. The maximum absolute atomic E-state index is 10.3. The number of benzene rings is 1. The fourth-order valence-corrected chi connectivity index (χ4v) is 1.47. The van der Waals surface area contributed by atoms with Gasteiger partial charge in [-0.3, -0.25) is 0 Å². The van der Waals surface area contributed by atoms with Gasteiger partial charge in [-0.15, -0.1) is 0 Å². The van der Waals surface area contributed by atoms with Gasteiger partial charge in [0.2, 0.25) is 0 Å². The summed E-state index contributed by atoms with van der Waals surface area (Å²) in [5.74, 6) is 0.832. The van der Waals surface area contributed by atoms with E-state index in [2.05, 4.69) is 0 Å². The van der Waals surface area contributed by atoms with Crippen molar-refractivity contribution in [3.8, 4) is 11.5 Å². The zero-order valence-corrected chi connectivity index (χ0v) is 8.41. The SMILES string of the molecule is COc1cc(O)cc(C)c1CCC=O. The lowest BCUT2D eigenvalue weighted by Gasteiger charge is -2.10. The van der Waals surface area contributed by atoms with E-state index in [-0.39, 0.29) is 5.75 Å². The van der Waals surface area contributed by atoms with Gasteiger partial charge in [0.25, 0.3) is 0 Å². The molecule has 0 unspecified atom stereocenters. The van der Waals surface area contributed by atoms with Crippen molar-refractivity contribution in [2.75, 3.05) is 7.11 Å². The predicted octanol–water partition coefficient (Wildman–Crippen LogP) is 1.84. The van der Waals surface area contributed by atoms with E-state index in [9.17, 15) is 9.90 Å². The zero-order valence-electron chi connectivity index (χ0n) is 8.41. The second kappa shape index (κ2) is 4.65. The first-order valence-electron chi connectivity index (χ1n) is 4.49. The topological polar surface area (TPSA) is 46.5 Å². The highest BCUT2D eigenvalue weighted by Crippen LogP contribution is 2.28. The van der Waals surface area contributed by atoms with Gasteiger partial charge < -0.3 is 14.6 Å². The molecule has 0 atom stereocenters. The molecule has 0 saturated carbocycles. The number of aldehydes is 1. The summed E-state index contributed by atoms with van der Waals surface area (Å²) in [5, 5.41) is 9.33. The highest BCUT2D eigenvalue weighted by atomic mass is 16.5. The van der Waals surface area contributed by atoms with Crippen LogP contribution in [0.5, 0.6) is 11.5 Å². The first-order chi connectivity index (χ1) is 6.69. The van der Waals surface area contributed by atoms with Crippen molar-refractivity contribution >= 4 is 6.29 Å². The third-order valence-corrected chi connectivity index (χ3v) is 2.15. The number of ether oxygens (including phenoxy) is 1. The van der Waals surface area contributed by atoms with Crippen LogP contribution in [0.15, 0.2) is 12.1 Å². The van der Waals surface area contributed by atoms with Crippen molar-refractivity contribution in [3.05, 3.63) is 23.3 Å². The normalized spacial score (nSPS) is 9.86. The molecule has 3 nitrogen and oxygen atoms in total. The van der Waals surface area contributed by atoms with E-state index >= 15 is 0 Å². The third kappa shape index (κ3) is 2.25. The molecule has 0 heterocycles. The molecule has 1 aromatic rings. The van der Waals surface area contributed by atoms with Crippen LogP contribution in [-0.2, 0) is 11.2 Å². The van der Waals surface area contributed by atoms with Gasteiger partial charge in [-0.05, 0) is 30.5 Å². The zero-order chi connectivity index (χ0) is 10.6. The van der Waals surface area contributed by atoms with Crippen molar-refractivity contribution in [3.63, 3.8) is 0 Å². The molecule has 0 bridgehead atoms. The van der Waals surface area contributed by atoms with E-state index < -0.39 is 0 Å². The number of aromatic hydroxyl groups is 1. The largest absolute Gasteiger partial charge is 0.508 e. The Bertz CT molecular complexity index is 332. The number of phenolic OH excluding ortho intramolecular Hbond substituents is 1. The Morgan fingerprint density at radius 1 is 1.50 bits per heavy atom. The second-order valence-electron chi connectivity index (χ2n) is 3.15. The van der Waals surface area contributed by atoms with Crippen molar-refractivity contribution < 1.29 is 14.6 Å². The van der Waals surface area contributed by atoms with E-state index in [4.69, 9.17) is 4.74 Å². The Hall–Kier alpha value is -1.51. The molecule has 1 aromatic carbocycles. The maximum atomic E-state index is 10.3. The number of phenols is 1. The molecule has 1 N–H and O–H groups in total. The Morgan fingerprint density at radius 3 is 2.79 bits per heavy atom. The molecule has 0 spiro atoms. The molecule has 0 aliphatic carbocycles. The van der Waals surface area contributed by atoms with Crippen molar-refractivity contribution in [1.82, 2.24) is 0 Å². The highest BCUT2D eigenvalue weighted by Gasteiger charge is 2.07. The molecule has 0 saturated heterocycles. The monoisotopic (exact) mass is 194 g/mol. The molecule has 0 aliphatic heterocycles. The molecule has 76 valence electrons. The Labute approximate surface area is 83.3 Å². The van der Waals surface area contributed by atoms with Gasteiger partial charge in [0.05, 0.1) is 7.11 Å². The average Bonchev–Trinajstić information content (AvgIpc) is 2.15. The lowest BCUT2D eigenvalue weighted by Crippen LogP contribution is -1.96. The standard InChI is InChI=1S/C11H14O3/c1-8-6-9(13)7-11(14-2)10(8)4-3-5-12/h5-7,13H,3-4H2,1-2H3. The lowest BCUT2D eigenvalue weighted by atomic mass is 10.0. The van der Waals surface area contributed by atoms with E-state index in [1.165, 1.54) is 0 Å². The second-order valence-corrected chi connectivity index (χ2v) is 3.15. The van der Waals surface area contributed by atoms with Crippen LogP contribution >= 0.6 is 0 Å². The van der Waals surface area contributed by atoms with Crippen LogP contribution in [0.1, 0.15) is 17.5 Å². The average molecular weight is 194 g/mol. The molecule has 0 amide bonds. The van der Waals surface area contributed by atoms with Crippen molar-refractivity contribution in [2.45, 2.75) is 19.8 Å². The lowest BCUT2D eigenvalue weighted by molar-refractivity contribution is -0.107. The molecule has 14 heavy (non-hydrogen) atoms. The van der Waals surface area contributed by atoms with Crippen LogP contribution in [0.2, 0.25) is 0 Å². The number of carbonyl (C=O) groups is 1. The van der Waals surface area contributed by atoms with Gasteiger partial charge in [-0.1, -0.05) is 0 Å². The first-order valence-corrected chi connectivity index (χ1v) is 4.49. The van der Waals surface area contributed by atoms with Gasteiger partial charge in [0.1, 0.15) is 17.8 Å². The Kier molecular flexibility index (Phi) is 3.51. The van der Waals surface area contributed by atoms with Gasteiger partial charge in [-0.25, -0.2) is 0 Å². The van der Waals surface area contributed by atoms with Gasteiger partial charge in [0.15, 0.2) is 0 Å². The minimum atomic E-state index is 0.189. The van der Waals surface area contributed by atoms with Gasteiger partial charge in [0, 0.05) is 12.5 Å². The molecule has 1 rings (SSSR count). The Morgan fingerprint density at radius 2 is 2.21 bits per heavy atom. The smallest absolute Gasteiger partial charge is 0.126 e. The first kappa shape index (κ1) is 10.6. The summed E-state index contributed by atoms with van der Waals surface area (Å²) in [6, 6.07) is 3.23. The van der Waals surface area contributed by atoms with Crippen LogP contribution in [0.25, 0.3) is 0 Å². The quantitative estimate of drug-likeness (QED) is 0.744.